The number of hydrogen-bond acceptors (Lipinski definition) is 3. The van der Waals surface area contributed by atoms with Crippen LogP contribution in [0.15, 0.2) is 54.6 Å². The van der Waals surface area contributed by atoms with Gasteiger partial charge >= 0.3 is 0 Å². The Hall–Kier alpha value is -2.37. The van der Waals surface area contributed by atoms with E-state index < -0.39 is 6.04 Å². The Bertz CT molecular complexity index is 776. The third-order valence-electron chi connectivity index (χ3n) is 5.00. The standard InChI is InChI=1S/C22H27N3O2.ClH/c1-15-7-9-18(10-8-15)22(27)25-19(16-5-3-2-4-6-16)13-21(26)24-20(14-23)17-11-12-17;/h2-10,17,19-20H,11-14,23H2,1H3,(H,24,26)(H,25,27);1H. The maximum Gasteiger partial charge on any atom is 0.251 e. The number of hydrogen-bond donors (Lipinski definition) is 3. The lowest BCUT2D eigenvalue weighted by molar-refractivity contribution is -0.122. The van der Waals surface area contributed by atoms with Crippen LogP contribution in [0.25, 0.3) is 0 Å². The average molecular weight is 402 g/mol. The zero-order valence-electron chi connectivity index (χ0n) is 16.1. The van der Waals surface area contributed by atoms with Gasteiger partial charge in [0.25, 0.3) is 5.91 Å². The van der Waals surface area contributed by atoms with Gasteiger partial charge in [-0.05, 0) is 43.4 Å². The van der Waals surface area contributed by atoms with Gasteiger partial charge in [-0.15, -0.1) is 12.4 Å². The van der Waals surface area contributed by atoms with Crippen molar-refractivity contribution >= 4 is 24.2 Å². The van der Waals surface area contributed by atoms with Gasteiger partial charge in [0.2, 0.25) is 5.91 Å². The second-order valence-corrected chi connectivity index (χ2v) is 7.25. The highest BCUT2D eigenvalue weighted by molar-refractivity contribution is 5.94. The smallest absolute Gasteiger partial charge is 0.251 e. The molecule has 4 N–H and O–H groups in total. The first-order valence-electron chi connectivity index (χ1n) is 9.48. The molecule has 5 nitrogen and oxygen atoms in total. The van der Waals surface area contributed by atoms with Crippen LogP contribution in [0.2, 0.25) is 0 Å². The van der Waals surface area contributed by atoms with E-state index in [1.807, 2.05) is 49.4 Å². The summed E-state index contributed by atoms with van der Waals surface area (Å²) < 4.78 is 0. The Kier molecular flexibility index (Phi) is 8.03. The van der Waals surface area contributed by atoms with Gasteiger partial charge in [-0.3, -0.25) is 9.59 Å². The van der Waals surface area contributed by atoms with Crippen LogP contribution in [-0.4, -0.2) is 24.4 Å². The van der Waals surface area contributed by atoms with Gasteiger partial charge in [-0.25, -0.2) is 0 Å². The van der Waals surface area contributed by atoms with Crippen molar-refractivity contribution in [1.82, 2.24) is 10.6 Å². The number of amides is 2. The van der Waals surface area contributed by atoms with E-state index in [0.29, 0.717) is 18.0 Å². The van der Waals surface area contributed by atoms with E-state index in [1.54, 1.807) is 12.1 Å². The molecule has 0 aromatic heterocycles. The maximum atomic E-state index is 12.7. The minimum absolute atomic E-state index is 0. The van der Waals surface area contributed by atoms with E-state index in [2.05, 4.69) is 10.6 Å². The number of nitrogens with two attached hydrogens (primary N) is 1. The number of halogens is 1. The van der Waals surface area contributed by atoms with E-state index in [0.717, 1.165) is 24.0 Å². The van der Waals surface area contributed by atoms with E-state index in [4.69, 9.17) is 5.73 Å². The molecular formula is C22H28ClN3O2. The van der Waals surface area contributed by atoms with Crippen LogP contribution in [0.1, 0.15) is 46.8 Å². The normalized spacial score (nSPS) is 15.1. The molecule has 0 bridgehead atoms. The largest absolute Gasteiger partial charge is 0.352 e. The molecule has 2 aromatic rings. The number of carbonyl (C=O) groups is 2. The van der Waals surface area contributed by atoms with E-state index >= 15 is 0 Å². The molecule has 2 atom stereocenters. The molecule has 0 saturated heterocycles. The fourth-order valence-electron chi connectivity index (χ4n) is 3.20. The van der Waals surface area contributed by atoms with Crippen LogP contribution in [0, 0.1) is 12.8 Å². The number of benzene rings is 2. The third kappa shape index (κ3) is 6.08. The minimum atomic E-state index is -0.391. The van der Waals surface area contributed by atoms with Crippen molar-refractivity contribution in [3.05, 3.63) is 71.3 Å². The molecule has 0 spiro atoms. The Morgan fingerprint density at radius 1 is 1.04 bits per heavy atom. The molecule has 0 radical (unpaired) electrons. The van der Waals surface area contributed by atoms with Gasteiger partial charge in [0, 0.05) is 18.2 Å². The average Bonchev–Trinajstić information content (AvgIpc) is 3.52. The highest BCUT2D eigenvalue weighted by Gasteiger charge is 2.31. The van der Waals surface area contributed by atoms with E-state index in [9.17, 15) is 9.59 Å². The van der Waals surface area contributed by atoms with E-state index in [-0.39, 0.29) is 36.7 Å². The monoisotopic (exact) mass is 401 g/mol. The molecule has 2 aromatic carbocycles. The summed E-state index contributed by atoms with van der Waals surface area (Å²) in [6.07, 6.45) is 2.42. The molecule has 6 heteroatoms. The van der Waals surface area contributed by atoms with Crippen LogP contribution in [0.4, 0.5) is 0 Å². The number of nitrogens with one attached hydrogen (secondary N) is 2. The van der Waals surface area contributed by atoms with Crippen LogP contribution in [-0.2, 0) is 4.79 Å². The second-order valence-electron chi connectivity index (χ2n) is 7.25. The van der Waals surface area contributed by atoms with Crippen molar-refractivity contribution in [1.29, 1.82) is 0 Å². The van der Waals surface area contributed by atoms with Crippen molar-refractivity contribution in [3.8, 4) is 0 Å². The van der Waals surface area contributed by atoms with Gasteiger partial charge in [0.15, 0.2) is 0 Å². The predicted octanol–water partition coefficient (Wildman–Crippen LogP) is 3.13. The fourth-order valence-corrected chi connectivity index (χ4v) is 3.20. The molecule has 0 aliphatic heterocycles. The van der Waals surface area contributed by atoms with Crippen molar-refractivity contribution in [2.75, 3.05) is 6.54 Å². The molecule has 28 heavy (non-hydrogen) atoms. The van der Waals surface area contributed by atoms with Crippen LogP contribution in [0.5, 0.6) is 0 Å². The van der Waals surface area contributed by atoms with Crippen LogP contribution < -0.4 is 16.4 Å². The fraction of sp³-hybridized carbons (Fsp3) is 0.364. The summed E-state index contributed by atoms with van der Waals surface area (Å²) in [4.78, 5) is 25.2. The summed E-state index contributed by atoms with van der Waals surface area (Å²) in [6.45, 7) is 2.43. The van der Waals surface area contributed by atoms with Crippen LogP contribution >= 0.6 is 12.4 Å². The zero-order chi connectivity index (χ0) is 19.2. The summed E-state index contributed by atoms with van der Waals surface area (Å²) in [5.41, 5.74) is 8.37. The Balaban J connectivity index is 0.00000280. The first kappa shape index (κ1) is 21.9. The van der Waals surface area contributed by atoms with Gasteiger partial charge in [0.05, 0.1) is 12.5 Å². The predicted molar refractivity (Wildman–Crippen MR) is 113 cm³/mol. The molecular weight excluding hydrogens is 374 g/mol. The molecule has 1 saturated carbocycles. The summed E-state index contributed by atoms with van der Waals surface area (Å²) in [5.74, 6) is 0.223. The summed E-state index contributed by atoms with van der Waals surface area (Å²) in [6, 6.07) is 16.6. The topological polar surface area (TPSA) is 84.2 Å². The van der Waals surface area contributed by atoms with Crippen molar-refractivity contribution < 1.29 is 9.59 Å². The Morgan fingerprint density at radius 3 is 2.25 bits per heavy atom. The van der Waals surface area contributed by atoms with Crippen molar-refractivity contribution in [2.24, 2.45) is 11.7 Å². The number of rotatable bonds is 8. The molecule has 1 aliphatic carbocycles. The first-order valence-corrected chi connectivity index (χ1v) is 9.48. The SMILES string of the molecule is Cc1ccc(C(=O)NC(CC(=O)NC(CN)C2CC2)c2ccccc2)cc1.Cl. The molecule has 1 aliphatic rings. The number of aryl methyl sites for hydroxylation is 1. The first-order chi connectivity index (χ1) is 13.1. The van der Waals surface area contributed by atoms with Gasteiger partial charge in [-0.1, -0.05) is 48.0 Å². The summed E-state index contributed by atoms with van der Waals surface area (Å²) in [7, 11) is 0. The van der Waals surface area contributed by atoms with Gasteiger partial charge < -0.3 is 16.4 Å². The lowest BCUT2D eigenvalue weighted by Gasteiger charge is -2.21. The third-order valence-corrected chi connectivity index (χ3v) is 5.00. The quantitative estimate of drug-likeness (QED) is 0.635. The lowest BCUT2D eigenvalue weighted by Crippen LogP contribution is -2.43. The maximum absolute atomic E-state index is 12.7. The van der Waals surface area contributed by atoms with Gasteiger partial charge in [0.1, 0.15) is 0 Å². The Labute approximate surface area is 172 Å². The summed E-state index contributed by atoms with van der Waals surface area (Å²) in [5, 5.41) is 6.04. The minimum Gasteiger partial charge on any atom is -0.352 e. The zero-order valence-corrected chi connectivity index (χ0v) is 16.9. The second kappa shape index (κ2) is 10.2. The molecule has 2 amide bonds. The molecule has 3 rings (SSSR count). The number of carbonyl (C=O) groups excluding carboxylic acids is 2. The van der Waals surface area contributed by atoms with Crippen LogP contribution in [0.3, 0.4) is 0 Å². The molecule has 0 heterocycles. The molecule has 150 valence electrons. The Morgan fingerprint density at radius 2 is 1.68 bits per heavy atom. The highest BCUT2D eigenvalue weighted by atomic mass is 35.5. The van der Waals surface area contributed by atoms with Crippen molar-refractivity contribution in [3.63, 3.8) is 0 Å². The summed E-state index contributed by atoms with van der Waals surface area (Å²) >= 11 is 0. The lowest BCUT2D eigenvalue weighted by atomic mass is 10.0. The molecule has 1 fully saturated rings. The van der Waals surface area contributed by atoms with Crippen molar-refractivity contribution in [2.45, 2.75) is 38.3 Å². The van der Waals surface area contributed by atoms with Gasteiger partial charge in [-0.2, -0.15) is 0 Å². The van der Waals surface area contributed by atoms with E-state index in [1.165, 1.54) is 0 Å². The molecule has 2 unspecified atom stereocenters. The highest BCUT2D eigenvalue weighted by Crippen LogP contribution is 2.32.